The van der Waals surface area contributed by atoms with Crippen molar-refractivity contribution >= 4 is 28.7 Å². The number of rotatable bonds is 4. The molecule has 152 valence electrons. The molecule has 5 atom stereocenters. The summed E-state index contributed by atoms with van der Waals surface area (Å²) in [4.78, 5) is 23.7. The highest BCUT2D eigenvalue weighted by Crippen LogP contribution is 2.41. The number of aliphatic hydroxyl groups excluding tert-OH is 1. The third kappa shape index (κ3) is 3.45. The molecule has 0 saturated carbocycles. The van der Waals surface area contributed by atoms with Crippen molar-refractivity contribution in [2.24, 2.45) is 0 Å². The molecule has 3 aromatic rings. The van der Waals surface area contributed by atoms with E-state index in [1.807, 2.05) is 19.1 Å². The molecule has 1 saturated heterocycles. The second-order valence-corrected chi connectivity index (χ2v) is 7.16. The fourth-order valence-electron chi connectivity index (χ4n) is 3.55. The molecule has 10 heteroatoms. The molecule has 1 N–H and O–H groups in total. The van der Waals surface area contributed by atoms with E-state index in [4.69, 9.17) is 21.1 Å². The van der Waals surface area contributed by atoms with Crippen LogP contribution in [0.3, 0.4) is 0 Å². The molecule has 3 heterocycles. The monoisotopic (exact) mass is 420 g/mol. The summed E-state index contributed by atoms with van der Waals surface area (Å²) in [6, 6.07) is 7.07. The highest BCUT2D eigenvalue weighted by molar-refractivity contribution is 6.33. The molecular weight excluding hydrogens is 403 g/mol. The molecular formula is C19H18ClFN4O4. The van der Waals surface area contributed by atoms with Gasteiger partial charge in [0.15, 0.2) is 29.3 Å². The maximum Gasteiger partial charge on any atom is 0.303 e. The first-order chi connectivity index (χ1) is 13.9. The van der Waals surface area contributed by atoms with Crippen LogP contribution in [-0.2, 0) is 14.3 Å². The van der Waals surface area contributed by atoms with Crippen molar-refractivity contribution in [3.05, 3.63) is 53.2 Å². The number of fused-ring (bicyclic) bond motifs is 1. The second kappa shape index (κ2) is 7.66. The van der Waals surface area contributed by atoms with Crippen LogP contribution < -0.4 is 0 Å². The zero-order valence-electron chi connectivity index (χ0n) is 15.6. The Morgan fingerprint density at radius 2 is 2.10 bits per heavy atom. The van der Waals surface area contributed by atoms with Crippen molar-refractivity contribution in [3.63, 3.8) is 0 Å². The summed E-state index contributed by atoms with van der Waals surface area (Å²) in [5, 5.41) is 10.9. The molecule has 0 spiro atoms. The highest BCUT2D eigenvalue weighted by atomic mass is 35.5. The molecule has 1 fully saturated rings. The summed E-state index contributed by atoms with van der Waals surface area (Å²) in [6.45, 7) is 2.99. The normalized spacial score (nSPS) is 25.3. The molecule has 0 amide bonds. The van der Waals surface area contributed by atoms with Gasteiger partial charge in [-0.05, 0) is 18.1 Å². The van der Waals surface area contributed by atoms with Gasteiger partial charge < -0.3 is 14.6 Å². The minimum atomic E-state index is -1.78. The van der Waals surface area contributed by atoms with Crippen LogP contribution in [0.25, 0.3) is 11.2 Å². The van der Waals surface area contributed by atoms with Crippen molar-refractivity contribution in [1.29, 1.82) is 0 Å². The van der Waals surface area contributed by atoms with Crippen molar-refractivity contribution in [2.75, 3.05) is 0 Å². The third-order valence-electron chi connectivity index (χ3n) is 4.91. The van der Waals surface area contributed by atoms with E-state index in [9.17, 15) is 9.90 Å². The lowest BCUT2D eigenvalue weighted by atomic mass is 9.96. The zero-order valence-corrected chi connectivity index (χ0v) is 16.3. The van der Waals surface area contributed by atoms with Gasteiger partial charge in [0.25, 0.3) is 0 Å². The van der Waals surface area contributed by atoms with E-state index in [-0.39, 0.29) is 5.15 Å². The van der Waals surface area contributed by atoms with Crippen LogP contribution in [0.5, 0.6) is 0 Å². The van der Waals surface area contributed by atoms with Crippen LogP contribution in [0.4, 0.5) is 4.39 Å². The van der Waals surface area contributed by atoms with Gasteiger partial charge in [0.05, 0.1) is 6.33 Å². The first-order valence-electron chi connectivity index (χ1n) is 8.92. The van der Waals surface area contributed by atoms with Crippen LogP contribution in [0.1, 0.15) is 30.4 Å². The molecule has 2 aromatic heterocycles. The molecule has 1 aliphatic heterocycles. The Labute approximate surface area is 170 Å². The number of carbonyl (C=O) groups is 1. The number of halogens is 2. The summed E-state index contributed by atoms with van der Waals surface area (Å²) in [5.74, 6) is -0.672. The number of esters is 1. The van der Waals surface area contributed by atoms with Gasteiger partial charge in [0, 0.05) is 6.92 Å². The van der Waals surface area contributed by atoms with E-state index < -0.39 is 36.7 Å². The number of hydrogen-bond donors (Lipinski definition) is 1. The van der Waals surface area contributed by atoms with Gasteiger partial charge in [-0.2, -0.15) is 0 Å². The van der Waals surface area contributed by atoms with Crippen molar-refractivity contribution in [3.8, 4) is 0 Å². The van der Waals surface area contributed by atoms with E-state index in [1.165, 1.54) is 24.1 Å². The molecule has 0 radical (unpaired) electrons. The number of carbonyl (C=O) groups excluding carboxylic acids is 1. The van der Waals surface area contributed by atoms with Gasteiger partial charge in [-0.3, -0.25) is 9.36 Å². The Balaban J connectivity index is 1.73. The predicted molar refractivity (Wildman–Crippen MR) is 101 cm³/mol. The summed E-state index contributed by atoms with van der Waals surface area (Å²) < 4.78 is 27.8. The van der Waals surface area contributed by atoms with E-state index in [0.717, 1.165) is 5.56 Å². The molecule has 0 bridgehead atoms. The maximum absolute atomic E-state index is 15.3. The molecule has 1 aromatic carbocycles. The average Bonchev–Trinajstić information content (AvgIpc) is 3.24. The van der Waals surface area contributed by atoms with Crippen LogP contribution in [-0.4, -0.2) is 49.0 Å². The van der Waals surface area contributed by atoms with Crippen LogP contribution in [0.2, 0.25) is 5.15 Å². The van der Waals surface area contributed by atoms with Crippen LogP contribution in [0.15, 0.2) is 36.9 Å². The zero-order chi connectivity index (χ0) is 20.7. The standard InChI is InChI=1S/C19H18ClFN4O4/c1-9-5-3-4-6-11(9)14(27)15-12(21)16(28-10(2)26)19(29-15)25-8-24-13-17(20)22-7-23-18(13)25/h3-8,12,14-16,19,27H,1-2H3/t12-,14?,15+,16-,19-/m1/s1. The predicted octanol–water partition coefficient (Wildman–Crippen LogP) is 2.69. The van der Waals surface area contributed by atoms with Gasteiger partial charge in [-0.1, -0.05) is 35.9 Å². The summed E-state index contributed by atoms with van der Waals surface area (Å²) in [6.07, 6.45) is -4.10. The van der Waals surface area contributed by atoms with Gasteiger partial charge in [0.2, 0.25) is 0 Å². The molecule has 1 aliphatic rings. The molecule has 29 heavy (non-hydrogen) atoms. The van der Waals surface area contributed by atoms with E-state index in [2.05, 4.69) is 15.0 Å². The topological polar surface area (TPSA) is 99.4 Å². The van der Waals surface area contributed by atoms with Gasteiger partial charge >= 0.3 is 5.97 Å². The molecule has 4 rings (SSSR count). The fourth-order valence-corrected chi connectivity index (χ4v) is 3.73. The number of nitrogens with zero attached hydrogens (tertiary/aromatic N) is 4. The van der Waals surface area contributed by atoms with Gasteiger partial charge in [-0.15, -0.1) is 0 Å². The average molecular weight is 421 g/mol. The highest BCUT2D eigenvalue weighted by Gasteiger charge is 2.52. The van der Waals surface area contributed by atoms with Crippen molar-refractivity contribution in [1.82, 2.24) is 19.5 Å². The lowest BCUT2D eigenvalue weighted by Crippen LogP contribution is -2.34. The second-order valence-electron chi connectivity index (χ2n) is 6.80. The Hall–Kier alpha value is -2.62. The number of ether oxygens (including phenoxy) is 2. The summed E-state index contributed by atoms with van der Waals surface area (Å²) in [5.41, 5.74) is 1.92. The largest absolute Gasteiger partial charge is 0.454 e. The van der Waals surface area contributed by atoms with E-state index >= 15 is 4.39 Å². The summed E-state index contributed by atoms with van der Waals surface area (Å²) >= 11 is 6.04. The fraction of sp³-hybridized carbons (Fsp3) is 0.368. The number of alkyl halides is 1. The Bertz CT molecular complexity index is 1060. The molecule has 0 aliphatic carbocycles. The molecule has 1 unspecified atom stereocenters. The Morgan fingerprint density at radius 1 is 1.34 bits per heavy atom. The minimum Gasteiger partial charge on any atom is -0.454 e. The van der Waals surface area contributed by atoms with Crippen LogP contribution >= 0.6 is 11.6 Å². The first kappa shape index (κ1) is 19.7. The summed E-state index contributed by atoms with van der Waals surface area (Å²) in [7, 11) is 0. The number of imidazole rings is 1. The van der Waals surface area contributed by atoms with Crippen LogP contribution in [0, 0.1) is 6.92 Å². The minimum absolute atomic E-state index is 0.129. The quantitative estimate of drug-likeness (QED) is 0.511. The lowest BCUT2D eigenvalue weighted by Gasteiger charge is -2.21. The van der Waals surface area contributed by atoms with Crippen molar-refractivity contribution in [2.45, 2.75) is 44.6 Å². The number of aromatic nitrogens is 4. The number of benzene rings is 1. The first-order valence-corrected chi connectivity index (χ1v) is 9.29. The Morgan fingerprint density at radius 3 is 2.83 bits per heavy atom. The smallest absolute Gasteiger partial charge is 0.303 e. The third-order valence-corrected chi connectivity index (χ3v) is 5.19. The SMILES string of the molecule is CC(=O)O[C@@H]1[C@H](F)[C@@H](C(O)c2ccccc2C)O[C@H]1n1cnc2c(Cl)ncnc21. The van der Waals surface area contributed by atoms with E-state index in [1.54, 1.807) is 12.1 Å². The number of aliphatic hydroxyl groups is 1. The lowest BCUT2D eigenvalue weighted by molar-refractivity contribution is -0.154. The maximum atomic E-state index is 15.3. The number of aryl methyl sites for hydroxylation is 1. The Kier molecular flexibility index (Phi) is 5.20. The van der Waals surface area contributed by atoms with Gasteiger partial charge in [-0.25, -0.2) is 19.3 Å². The van der Waals surface area contributed by atoms with Crippen molar-refractivity contribution < 1.29 is 23.8 Å². The number of hydrogen-bond acceptors (Lipinski definition) is 7. The van der Waals surface area contributed by atoms with E-state index in [0.29, 0.717) is 16.7 Å². The molecule has 8 nitrogen and oxygen atoms in total. The van der Waals surface area contributed by atoms with Gasteiger partial charge in [0.1, 0.15) is 24.1 Å².